The lowest BCUT2D eigenvalue weighted by Crippen LogP contribution is -2.00. The molecule has 0 N–H and O–H groups in total. The van der Waals surface area contributed by atoms with Crippen molar-refractivity contribution in [1.29, 1.82) is 5.26 Å². The van der Waals surface area contributed by atoms with Crippen molar-refractivity contribution in [3.05, 3.63) is 52.7 Å². The van der Waals surface area contributed by atoms with E-state index >= 15 is 0 Å². The highest BCUT2D eigenvalue weighted by Gasteiger charge is 2.15. The molecule has 0 unspecified atom stereocenters. The molecule has 7 heteroatoms. The Bertz CT molecular complexity index is 929. The number of hydrogen-bond donors (Lipinski definition) is 0. The average molecular weight is 356 g/mol. The summed E-state index contributed by atoms with van der Waals surface area (Å²) in [6.07, 6.45) is 0. The van der Waals surface area contributed by atoms with Crippen LogP contribution in [0.2, 0.25) is 5.02 Å². The van der Waals surface area contributed by atoms with Gasteiger partial charge in [0, 0.05) is 12.1 Å². The third-order valence-electron chi connectivity index (χ3n) is 3.43. The number of hydrogen-bond acceptors (Lipinski definition) is 5. The summed E-state index contributed by atoms with van der Waals surface area (Å²) >= 11 is 7.29. The number of nitriles is 1. The third kappa shape index (κ3) is 3.28. The second-order valence-electron chi connectivity index (χ2n) is 5.11. The largest absolute Gasteiger partial charge is 0.302 e. The van der Waals surface area contributed by atoms with Crippen LogP contribution in [-0.4, -0.2) is 19.7 Å². The van der Waals surface area contributed by atoms with Crippen LogP contribution in [0.1, 0.15) is 18.2 Å². The standard InChI is InChI=1S/C17H14ClN5S/c1-3-23-16(12-6-4-5-11(2)9-12)21-22-17(23)24-15-8-7-13(18)14(10-19)20-15/h4-9H,3H2,1-2H3. The lowest BCUT2D eigenvalue weighted by Gasteiger charge is -2.07. The van der Waals surface area contributed by atoms with E-state index in [1.54, 1.807) is 12.1 Å². The Morgan fingerprint density at radius 2 is 2.08 bits per heavy atom. The number of nitrogens with zero attached hydrogens (tertiary/aromatic N) is 5. The summed E-state index contributed by atoms with van der Waals surface area (Å²) in [7, 11) is 0. The van der Waals surface area contributed by atoms with Crippen LogP contribution < -0.4 is 0 Å². The topological polar surface area (TPSA) is 67.4 Å². The first-order chi connectivity index (χ1) is 11.6. The van der Waals surface area contributed by atoms with Gasteiger partial charge in [-0.05, 0) is 43.8 Å². The summed E-state index contributed by atoms with van der Waals surface area (Å²) in [5.74, 6) is 0.818. The van der Waals surface area contributed by atoms with Gasteiger partial charge in [-0.15, -0.1) is 10.2 Å². The monoisotopic (exact) mass is 355 g/mol. The number of benzene rings is 1. The smallest absolute Gasteiger partial charge is 0.197 e. The molecule has 0 radical (unpaired) electrons. The Morgan fingerprint density at radius 3 is 2.79 bits per heavy atom. The molecule has 2 heterocycles. The van der Waals surface area contributed by atoms with Crippen LogP contribution in [0, 0.1) is 18.3 Å². The fourth-order valence-corrected chi connectivity index (χ4v) is 3.31. The maximum atomic E-state index is 9.05. The van der Waals surface area contributed by atoms with Gasteiger partial charge in [-0.2, -0.15) is 5.26 Å². The van der Waals surface area contributed by atoms with E-state index in [-0.39, 0.29) is 5.69 Å². The third-order valence-corrected chi connectivity index (χ3v) is 4.66. The van der Waals surface area contributed by atoms with Gasteiger partial charge in [0.05, 0.1) is 5.02 Å². The minimum atomic E-state index is 0.211. The first-order valence-electron chi connectivity index (χ1n) is 7.37. The molecular weight excluding hydrogens is 342 g/mol. The Hall–Kier alpha value is -2.36. The molecule has 5 nitrogen and oxygen atoms in total. The number of aryl methyl sites for hydroxylation is 1. The first-order valence-corrected chi connectivity index (χ1v) is 8.56. The molecule has 0 saturated carbocycles. The summed E-state index contributed by atoms with van der Waals surface area (Å²) in [5, 5.41) is 19.4. The van der Waals surface area contributed by atoms with Crippen LogP contribution in [0.15, 0.2) is 46.6 Å². The average Bonchev–Trinajstić information content (AvgIpc) is 2.99. The fourth-order valence-electron chi connectivity index (χ4n) is 2.30. The Balaban J connectivity index is 1.97. The Labute approximate surface area is 149 Å². The molecule has 24 heavy (non-hydrogen) atoms. The van der Waals surface area contributed by atoms with E-state index in [4.69, 9.17) is 16.9 Å². The van der Waals surface area contributed by atoms with Gasteiger partial charge >= 0.3 is 0 Å². The summed E-state index contributed by atoms with van der Waals surface area (Å²) in [4.78, 5) is 4.25. The molecule has 3 rings (SSSR count). The quantitative estimate of drug-likeness (QED) is 0.696. The van der Waals surface area contributed by atoms with Crippen molar-refractivity contribution in [3.8, 4) is 17.5 Å². The van der Waals surface area contributed by atoms with Crippen LogP contribution in [0.25, 0.3) is 11.4 Å². The predicted molar refractivity (Wildman–Crippen MR) is 94.0 cm³/mol. The summed E-state index contributed by atoms with van der Waals surface area (Å²) in [6, 6.07) is 13.6. The van der Waals surface area contributed by atoms with Gasteiger partial charge < -0.3 is 4.57 Å². The van der Waals surface area contributed by atoms with Crippen molar-refractivity contribution >= 4 is 23.4 Å². The number of rotatable bonds is 4. The summed E-state index contributed by atoms with van der Waals surface area (Å²) in [6.45, 7) is 4.83. The van der Waals surface area contributed by atoms with Crippen molar-refractivity contribution < 1.29 is 0 Å². The van der Waals surface area contributed by atoms with E-state index in [9.17, 15) is 0 Å². The highest BCUT2D eigenvalue weighted by Crippen LogP contribution is 2.30. The van der Waals surface area contributed by atoms with Crippen LogP contribution in [0.4, 0.5) is 0 Å². The van der Waals surface area contributed by atoms with Gasteiger partial charge in [0.1, 0.15) is 11.1 Å². The molecule has 0 aliphatic carbocycles. The van der Waals surface area contributed by atoms with Gasteiger partial charge in [-0.3, -0.25) is 0 Å². The van der Waals surface area contributed by atoms with Gasteiger partial charge in [-0.1, -0.05) is 35.4 Å². The van der Waals surface area contributed by atoms with Crippen LogP contribution >= 0.6 is 23.4 Å². The SMILES string of the molecule is CCn1c(Sc2ccc(Cl)c(C#N)n2)nnc1-c1cccc(C)c1. The van der Waals surface area contributed by atoms with Crippen LogP contribution in [0.3, 0.4) is 0 Å². The zero-order valence-corrected chi connectivity index (χ0v) is 14.8. The normalized spacial score (nSPS) is 10.6. The predicted octanol–water partition coefficient (Wildman–Crippen LogP) is 4.34. The molecule has 0 aliphatic heterocycles. The van der Waals surface area contributed by atoms with Crippen LogP contribution in [0.5, 0.6) is 0 Å². The van der Waals surface area contributed by atoms with Gasteiger partial charge in [-0.25, -0.2) is 4.98 Å². The summed E-state index contributed by atoms with van der Waals surface area (Å²) in [5.41, 5.74) is 2.41. The molecule has 0 amide bonds. The summed E-state index contributed by atoms with van der Waals surface area (Å²) < 4.78 is 2.03. The Morgan fingerprint density at radius 1 is 1.25 bits per heavy atom. The van der Waals surface area contributed by atoms with Crippen molar-refractivity contribution in [2.45, 2.75) is 30.6 Å². The van der Waals surface area contributed by atoms with Crippen molar-refractivity contribution in [2.75, 3.05) is 0 Å². The Kier molecular flexibility index (Phi) is 4.84. The van der Waals surface area contributed by atoms with E-state index in [1.165, 1.54) is 17.3 Å². The second-order valence-corrected chi connectivity index (χ2v) is 6.51. The molecule has 0 saturated heterocycles. The molecule has 0 aliphatic rings. The zero-order valence-electron chi connectivity index (χ0n) is 13.2. The molecule has 0 bridgehead atoms. The van der Waals surface area contributed by atoms with E-state index < -0.39 is 0 Å². The highest BCUT2D eigenvalue weighted by molar-refractivity contribution is 7.99. The van der Waals surface area contributed by atoms with E-state index in [0.29, 0.717) is 10.0 Å². The van der Waals surface area contributed by atoms with Crippen LogP contribution in [-0.2, 0) is 6.54 Å². The van der Waals surface area contributed by atoms with Crippen molar-refractivity contribution in [3.63, 3.8) is 0 Å². The lowest BCUT2D eigenvalue weighted by molar-refractivity contribution is 0.686. The van der Waals surface area contributed by atoms with Crippen molar-refractivity contribution in [2.24, 2.45) is 0 Å². The molecule has 1 aromatic carbocycles. The highest BCUT2D eigenvalue weighted by atomic mass is 35.5. The fraction of sp³-hybridized carbons (Fsp3) is 0.176. The minimum absolute atomic E-state index is 0.211. The zero-order chi connectivity index (χ0) is 17.1. The molecule has 0 fully saturated rings. The minimum Gasteiger partial charge on any atom is -0.302 e. The number of pyridine rings is 1. The molecule has 0 spiro atoms. The molecule has 3 aromatic rings. The number of halogens is 1. The van der Waals surface area contributed by atoms with E-state index in [0.717, 1.165) is 23.1 Å². The van der Waals surface area contributed by atoms with E-state index in [2.05, 4.69) is 21.2 Å². The number of aromatic nitrogens is 4. The first kappa shape index (κ1) is 16.5. The molecule has 120 valence electrons. The van der Waals surface area contributed by atoms with E-state index in [1.807, 2.05) is 42.7 Å². The van der Waals surface area contributed by atoms with Gasteiger partial charge in [0.2, 0.25) is 0 Å². The maximum Gasteiger partial charge on any atom is 0.197 e. The van der Waals surface area contributed by atoms with Gasteiger partial charge in [0.25, 0.3) is 0 Å². The van der Waals surface area contributed by atoms with Gasteiger partial charge in [0.15, 0.2) is 16.7 Å². The molecular formula is C17H14ClN5S. The molecule has 2 aromatic heterocycles. The maximum absolute atomic E-state index is 9.05. The second kappa shape index (κ2) is 7.04. The van der Waals surface area contributed by atoms with Crippen molar-refractivity contribution in [1.82, 2.24) is 19.7 Å². The lowest BCUT2D eigenvalue weighted by atomic mass is 10.1. The molecule has 0 atom stereocenters.